The Morgan fingerprint density at radius 3 is 0.714 bits per heavy atom. The van der Waals surface area contributed by atoms with E-state index in [-0.39, 0.29) is 74.6 Å². The van der Waals surface area contributed by atoms with E-state index in [9.17, 15) is 0 Å². The Hall–Kier alpha value is 2.55. The minimum atomic E-state index is -5.61. The Labute approximate surface area is 101 Å². The SMILES string of the molecule is [Er+3].[Er+3].[O-][Si]([O-])([O-])[O-]. The molecule has 0 amide bonds. The number of hydrogen-bond donors (Lipinski definition) is 0. The second kappa shape index (κ2) is 6.67. The molecule has 0 aliphatic rings. The van der Waals surface area contributed by atoms with Crippen molar-refractivity contribution in [3.05, 3.63) is 0 Å². The maximum Gasteiger partial charge on any atom is 3.00 e. The van der Waals surface area contributed by atoms with Crippen LogP contribution in [0.5, 0.6) is 0 Å². The minimum Gasteiger partial charge on any atom is -0.894 e. The van der Waals surface area contributed by atoms with Crippen LogP contribution in [0.25, 0.3) is 0 Å². The third-order valence-electron chi connectivity index (χ3n) is 0. The second-order valence-corrected chi connectivity index (χ2v) is 1.50. The average Bonchev–Trinajstić information content (AvgIpc) is 0.722. The Bertz CT molecular complexity index is 25.2. The van der Waals surface area contributed by atoms with Gasteiger partial charge >= 0.3 is 74.6 Å². The summed E-state index contributed by atoms with van der Waals surface area (Å²) in [6.07, 6.45) is 0. The molecular weight excluding hydrogens is 427 g/mol. The van der Waals surface area contributed by atoms with E-state index >= 15 is 0 Å². The van der Waals surface area contributed by atoms with Crippen molar-refractivity contribution in [2.45, 2.75) is 0 Å². The molecule has 0 aromatic carbocycles. The van der Waals surface area contributed by atoms with Crippen LogP contribution in [0.2, 0.25) is 0 Å². The fourth-order valence-electron chi connectivity index (χ4n) is 0. The molecule has 4 nitrogen and oxygen atoms in total. The zero-order chi connectivity index (χ0) is 4.50. The van der Waals surface area contributed by atoms with Gasteiger partial charge in [0.15, 0.2) is 0 Å². The molecule has 0 spiro atoms. The first-order valence-corrected chi connectivity index (χ1v) is 2.45. The third kappa shape index (κ3) is 56.4. The Morgan fingerprint density at radius 2 is 0.714 bits per heavy atom. The Kier molecular flexibility index (Phi) is 15.5. The zero-order valence-corrected chi connectivity index (χ0v) is 7.41. The summed E-state index contributed by atoms with van der Waals surface area (Å²) < 4.78 is 0. The summed E-state index contributed by atoms with van der Waals surface area (Å²) in [4.78, 5) is 34.3. The molecule has 0 aliphatic heterocycles. The van der Waals surface area contributed by atoms with E-state index < -0.39 is 9.05 Å². The van der Waals surface area contributed by atoms with Crippen LogP contribution in [0.4, 0.5) is 0 Å². The van der Waals surface area contributed by atoms with Crippen molar-refractivity contribution in [1.29, 1.82) is 0 Å². The van der Waals surface area contributed by atoms with Gasteiger partial charge in [-0.2, -0.15) is 0 Å². The van der Waals surface area contributed by atoms with Crippen LogP contribution in [0.1, 0.15) is 0 Å². The summed E-state index contributed by atoms with van der Waals surface area (Å²) in [6.45, 7) is 0. The van der Waals surface area contributed by atoms with Gasteiger partial charge in [0.1, 0.15) is 0 Å². The first-order valence-electron chi connectivity index (χ1n) is 0.816. The molecule has 0 bridgehead atoms. The first kappa shape index (κ1) is 16.3. The van der Waals surface area contributed by atoms with Crippen LogP contribution in [-0.2, 0) is 0 Å². The normalized spacial score (nSPS) is 8.57. The summed E-state index contributed by atoms with van der Waals surface area (Å²) in [7, 11) is -5.61. The Morgan fingerprint density at radius 1 is 0.714 bits per heavy atom. The van der Waals surface area contributed by atoms with Crippen LogP contribution in [0.3, 0.4) is 0 Å². The molecule has 2 radical (unpaired) electrons. The molecule has 0 saturated carbocycles. The smallest absolute Gasteiger partial charge is 0.894 e. The van der Waals surface area contributed by atoms with E-state index in [4.69, 9.17) is 19.2 Å². The van der Waals surface area contributed by atoms with Gasteiger partial charge in [-0.15, -0.1) is 0 Å². The van der Waals surface area contributed by atoms with Crippen LogP contribution >= 0.6 is 0 Å². The molecule has 0 aliphatic carbocycles. The Balaban J connectivity index is -0.0000000800. The molecule has 0 aromatic rings. The van der Waals surface area contributed by atoms with E-state index in [0.717, 1.165) is 0 Å². The number of rotatable bonds is 0. The van der Waals surface area contributed by atoms with E-state index in [2.05, 4.69) is 0 Å². The van der Waals surface area contributed by atoms with Gasteiger partial charge in [-0.05, 0) is 0 Å². The fraction of sp³-hybridized carbons (Fsp3) is 0. The van der Waals surface area contributed by atoms with Crippen LogP contribution in [0.15, 0.2) is 0 Å². The molecular formula is Er2O4Si+2. The van der Waals surface area contributed by atoms with Crippen molar-refractivity contribution < 1.29 is 93.8 Å². The quantitative estimate of drug-likeness (QED) is 0.362. The molecule has 0 saturated heterocycles. The molecule has 0 fully saturated rings. The molecule has 0 heterocycles. The van der Waals surface area contributed by atoms with Crippen LogP contribution in [-0.4, -0.2) is 9.05 Å². The topological polar surface area (TPSA) is 92.2 Å². The maximum atomic E-state index is 8.58. The van der Waals surface area contributed by atoms with Gasteiger partial charge in [-0.25, -0.2) is 0 Å². The van der Waals surface area contributed by atoms with Gasteiger partial charge < -0.3 is 28.2 Å². The van der Waals surface area contributed by atoms with E-state index in [1.165, 1.54) is 0 Å². The summed E-state index contributed by atoms with van der Waals surface area (Å²) in [5.41, 5.74) is 0. The molecule has 50 valence electrons. The van der Waals surface area contributed by atoms with Gasteiger partial charge in [0.25, 0.3) is 0 Å². The van der Waals surface area contributed by atoms with Crippen molar-refractivity contribution in [1.82, 2.24) is 0 Å². The van der Waals surface area contributed by atoms with Gasteiger partial charge in [0.2, 0.25) is 0 Å². The zero-order valence-electron chi connectivity index (χ0n) is 2.71. The van der Waals surface area contributed by atoms with E-state index in [0.29, 0.717) is 0 Å². The summed E-state index contributed by atoms with van der Waals surface area (Å²) in [6, 6.07) is 0. The van der Waals surface area contributed by atoms with Gasteiger partial charge in [0, 0.05) is 0 Å². The molecule has 0 N–H and O–H groups in total. The maximum absolute atomic E-state index is 8.58. The average molecular weight is 427 g/mol. The van der Waals surface area contributed by atoms with Gasteiger partial charge in [-0.3, -0.25) is 0 Å². The largest absolute Gasteiger partial charge is 3.00 e. The van der Waals surface area contributed by atoms with Gasteiger partial charge in [0.05, 0.1) is 0 Å². The second-order valence-electron chi connectivity index (χ2n) is 0.500. The predicted octanol–water partition coefficient (Wildman–Crippen LogP) is -5.14. The monoisotopic (exact) mass is 424 g/mol. The van der Waals surface area contributed by atoms with Crippen molar-refractivity contribution >= 4 is 9.05 Å². The van der Waals surface area contributed by atoms with Crippen molar-refractivity contribution in [3.8, 4) is 0 Å². The minimum absolute atomic E-state index is 0. The van der Waals surface area contributed by atoms with Crippen LogP contribution in [0, 0.1) is 74.6 Å². The molecule has 7 heavy (non-hydrogen) atoms. The molecule has 7 heteroatoms. The molecule has 0 atom stereocenters. The summed E-state index contributed by atoms with van der Waals surface area (Å²) >= 11 is 0. The van der Waals surface area contributed by atoms with Crippen molar-refractivity contribution in [2.75, 3.05) is 0 Å². The standard InChI is InChI=1S/2Er.O4Si/c;;1-5(2,3)4/q2*+3;-4. The van der Waals surface area contributed by atoms with Gasteiger partial charge in [-0.1, -0.05) is 0 Å². The fourth-order valence-corrected chi connectivity index (χ4v) is 0. The molecule has 0 rings (SSSR count). The van der Waals surface area contributed by atoms with Crippen molar-refractivity contribution in [2.24, 2.45) is 0 Å². The molecule has 0 unspecified atom stereocenters. The number of hydrogen-bond acceptors (Lipinski definition) is 4. The summed E-state index contributed by atoms with van der Waals surface area (Å²) in [5.74, 6) is 0. The summed E-state index contributed by atoms with van der Waals surface area (Å²) in [5, 5.41) is 0. The first-order chi connectivity index (χ1) is 2.00. The molecule has 0 aromatic heterocycles. The predicted molar refractivity (Wildman–Crippen MR) is 5.75 cm³/mol. The van der Waals surface area contributed by atoms with Crippen LogP contribution < -0.4 is 19.2 Å². The van der Waals surface area contributed by atoms with E-state index in [1.54, 1.807) is 0 Å². The van der Waals surface area contributed by atoms with Crippen molar-refractivity contribution in [3.63, 3.8) is 0 Å². The third-order valence-corrected chi connectivity index (χ3v) is 0. The van der Waals surface area contributed by atoms with E-state index in [1.807, 2.05) is 0 Å².